The van der Waals surface area contributed by atoms with Crippen LogP contribution in [0.15, 0.2) is 48.8 Å². The van der Waals surface area contributed by atoms with Gasteiger partial charge >= 0.3 is 0 Å². The first kappa shape index (κ1) is 17.7. The van der Waals surface area contributed by atoms with E-state index < -0.39 is 11.6 Å². The highest BCUT2D eigenvalue weighted by atomic mass is 19.2. The fourth-order valence-corrected chi connectivity index (χ4v) is 2.23. The monoisotopic (exact) mass is 357 g/mol. The van der Waals surface area contributed by atoms with Crippen LogP contribution in [0.25, 0.3) is 11.3 Å². The zero-order valence-corrected chi connectivity index (χ0v) is 13.9. The molecule has 3 rings (SSSR count). The molecule has 0 spiro atoms. The van der Waals surface area contributed by atoms with Gasteiger partial charge in [0.25, 0.3) is 0 Å². The summed E-state index contributed by atoms with van der Waals surface area (Å²) in [5, 5.41) is 15.1. The van der Waals surface area contributed by atoms with E-state index in [1.54, 1.807) is 37.5 Å². The third-order valence-corrected chi connectivity index (χ3v) is 3.54. The third-order valence-electron chi connectivity index (χ3n) is 3.54. The van der Waals surface area contributed by atoms with Crippen molar-refractivity contribution in [3.05, 3.63) is 60.4 Å². The number of pyridine rings is 1. The van der Waals surface area contributed by atoms with Gasteiger partial charge in [0.2, 0.25) is 5.95 Å². The molecule has 0 unspecified atom stereocenters. The third kappa shape index (κ3) is 4.28. The number of benzene rings is 1. The second-order valence-electron chi connectivity index (χ2n) is 5.68. The Morgan fingerprint density at radius 1 is 1.04 bits per heavy atom. The largest absolute Gasteiger partial charge is 0.394 e. The van der Waals surface area contributed by atoms with Gasteiger partial charge in [-0.05, 0) is 31.2 Å². The van der Waals surface area contributed by atoms with Crippen molar-refractivity contribution in [1.82, 2.24) is 15.0 Å². The zero-order chi connectivity index (χ0) is 18.5. The van der Waals surface area contributed by atoms with E-state index >= 15 is 0 Å². The highest BCUT2D eigenvalue weighted by molar-refractivity contribution is 5.67. The normalized spacial score (nSPS) is 11.8. The predicted octanol–water partition coefficient (Wildman–Crippen LogP) is 3.35. The van der Waals surface area contributed by atoms with Crippen molar-refractivity contribution < 1.29 is 13.9 Å². The van der Waals surface area contributed by atoms with E-state index in [1.807, 2.05) is 0 Å². The van der Waals surface area contributed by atoms with Crippen LogP contribution in [0, 0.1) is 11.6 Å². The van der Waals surface area contributed by atoms with E-state index in [0.29, 0.717) is 23.1 Å². The van der Waals surface area contributed by atoms with Crippen LogP contribution in [-0.2, 0) is 0 Å². The summed E-state index contributed by atoms with van der Waals surface area (Å²) in [5.41, 5.74) is 1.78. The predicted molar refractivity (Wildman–Crippen MR) is 95.1 cm³/mol. The molecule has 0 saturated heterocycles. The van der Waals surface area contributed by atoms with Crippen molar-refractivity contribution in [3.8, 4) is 11.3 Å². The molecule has 0 aliphatic rings. The minimum absolute atomic E-state index is 0.0885. The second-order valence-corrected chi connectivity index (χ2v) is 5.68. The average Bonchev–Trinajstić information content (AvgIpc) is 2.65. The summed E-state index contributed by atoms with van der Waals surface area (Å²) in [6.07, 6.45) is 3.28. The summed E-state index contributed by atoms with van der Waals surface area (Å²) >= 11 is 0. The van der Waals surface area contributed by atoms with E-state index in [4.69, 9.17) is 0 Å². The molecule has 3 aromatic rings. The van der Waals surface area contributed by atoms with Gasteiger partial charge in [0.1, 0.15) is 5.82 Å². The maximum atomic E-state index is 13.4. The maximum Gasteiger partial charge on any atom is 0.225 e. The second kappa shape index (κ2) is 7.83. The molecular weight excluding hydrogens is 340 g/mol. The first-order chi connectivity index (χ1) is 12.5. The molecular formula is C18H17F2N5O. The Bertz CT molecular complexity index is 892. The van der Waals surface area contributed by atoms with E-state index in [9.17, 15) is 13.9 Å². The summed E-state index contributed by atoms with van der Waals surface area (Å²) in [6, 6.07) is 8.52. The molecule has 0 amide bonds. The Balaban J connectivity index is 1.97. The quantitative estimate of drug-likeness (QED) is 0.628. The van der Waals surface area contributed by atoms with Crippen LogP contribution in [0.2, 0.25) is 0 Å². The number of aliphatic hydroxyl groups is 1. The molecule has 8 heteroatoms. The number of hydrogen-bond donors (Lipinski definition) is 3. The number of nitrogens with zero attached hydrogens (tertiary/aromatic N) is 3. The lowest BCUT2D eigenvalue weighted by Gasteiger charge is -2.14. The lowest BCUT2D eigenvalue weighted by Crippen LogP contribution is -2.21. The van der Waals surface area contributed by atoms with Gasteiger partial charge in [-0.15, -0.1) is 0 Å². The molecule has 0 radical (unpaired) electrons. The number of anilines is 3. The minimum atomic E-state index is -0.953. The Kier molecular flexibility index (Phi) is 5.33. The van der Waals surface area contributed by atoms with Gasteiger partial charge in [-0.25, -0.2) is 13.8 Å². The van der Waals surface area contributed by atoms with Crippen LogP contribution in [0.4, 0.5) is 26.2 Å². The molecule has 0 saturated carbocycles. The number of aliphatic hydroxyl groups excluding tert-OH is 1. The van der Waals surface area contributed by atoms with Crippen LogP contribution >= 0.6 is 0 Å². The molecule has 0 fully saturated rings. The van der Waals surface area contributed by atoms with Crippen molar-refractivity contribution in [3.63, 3.8) is 0 Å². The molecule has 2 aromatic heterocycles. The molecule has 3 N–H and O–H groups in total. The van der Waals surface area contributed by atoms with Gasteiger partial charge in [-0.2, -0.15) is 4.98 Å². The smallest absolute Gasteiger partial charge is 0.225 e. The van der Waals surface area contributed by atoms with E-state index in [2.05, 4.69) is 25.6 Å². The van der Waals surface area contributed by atoms with Crippen molar-refractivity contribution in [1.29, 1.82) is 0 Å². The van der Waals surface area contributed by atoms with E-state index in [-0.39, 0.29) is 12.6 Å². The van der Waals surface area contributed by atoms with E-state index in [0.717, 1.165) is 17.7 Å². The van der Waals surface area contributed by atoms with Crippen molar-refractivity contribution in [2.45, 2.75) is 13.0 Å². The lowest BCUT2D eigenvalue weighted by molar-refractivity contribution is 0.281. The topological polar surface area (TPSA) is 83.0 Å². The highest BCUT2D eigenvalue weighted by Gasteiger charge is 2.10. The number of hydrogen-bond acceptors (Lipinski definition) is 6. The van der Waals surface area contributed by atoms with Crippen LogP contribution in [-0.4, -0.2) is 32.7 Å². The highest BCUT2D eigenvalue weighted by Crippen LogP contribution is 2.24. The van der Waals surface area contributed by atoms with Gasteiger partial charge in [-0.1, -0.05) is 0 Å². The maximum absolute atomic E-state index is 13.4. The first-order valence-electron chi connectivity index (χ1n) is 7.94. The average molecular weight is 357 g/mol. The zero-order valence-electron chi connectivity index (χ0n) is 13.9. The number of aromatic nitrogens is 3. The Labute approximate surface area is 149 Å². The number of nitrogens with one attached hydrogen (secondary N) is 2. The van der Waals surface area contributed by atoms with Crippen LogP contribution < -0.4 is 10.6 Å². The van der Waals surface area contributed by atoms with Gasteiger partial charge in [-0.3, -0.25) is 4.98 Å². The Morgan fingerprint density at radius 2 is 1.81 bits per heavy atom. The molecule has 2 heterocycles. The van der Waals surface area contributed by atoms with Crippen molar-refractivity contribution in [2.24, 2.45) is 0 Å². The first-order valence-corrected chi connectivity index (χ1v) is 7.94. The Morgan fingerprint density at radius 3 is 2.50 bits per heavy atom. The summed E-state index contributed by atoms with van der Waals surface area (Å²) in [6.45, 7) is 1.69. The molecule has 0 bridgehead atoms. The molecule has 0 aliphatic heterocycles. The van der Waals surface area contributed by atoms with Crippen LogP contribution in [0.3, 0.4) is 0 Å². The summed E-state index contributed by atoms with van der Waals surface area (Å²) in [5.74, 6) is -1.18. The summed E-state index contributed by atoms with van der Waals surface area (Å²) in [7, 11) is 0. The summed E-state index contributed by atoms with van der Waals surface area (Å²) in [4.78, 5) is 12.7. The van der Waals surface area contributed by atoms with Gasteiger partial charge in [0.05, 0.1) is 12.3 Å². The molecule has 134 valence electrons. The van der Waals surface area contributed by atoms with E-state index in [1.165, 1.54) is 6.07 Å². The SMILES string of the molecule is C[C@H](CO)Nc1nc(Nc2ccc(F)c(F)c2)cc(-c2ccncc2)n1. The van der Waals surface area contributed by atoms with Crippen molar-refractivity contribution >= 4 is 17.5 Å². The fourth-order valence-electron chi connectivity index (χ4n) is 2.23. The number of halogens is 2. The van der Waals surface area contributed by atoms with Crippen LogP contribution in [0.5, 0.6) is 0 Å². The minimum Gasteiger partial charge on any atom is -0.394 e. The van der Waals surface area contributed by atoms with Gasteiger partial charge in [0, 0.05) is 41.8 Å². The Hall–Kier alpha value is -3.13. The fraction of sp³-hybridized carbons (Fsp3) is 0.167. The molecule has 6 nitrogen and oxygen atoms in total. The molecule has 1 atom stereocenters. The van der Waals surface area contributed by atoms with Crippen LogP contribution in [0.1, 0.15) is 6.92 Å². The molecule has 1 aromatic carbocycles. The molecule has 0 aliphatic carbocycles. The lowest BCUT2D eigenvalue weighted by atomic mass is 10.2. The summed E-state index contributed by atoms with van der Waals surface area (Å²) < 4.78 is 26.5. The van der Waals surface area contributed by atoms with Gasteiger partial charge < -0.3 is 15.7 Å². The molecule has 26 heavy (non-hydrogen) atoms. The standard InChI is InChI=1S/C18H17F2N5O/c1-11(10-26)22-18-24-16(12-4-6-21-7-5-12)9-17(25-18)23-13-2-3-14(19)15(20)8-13/h2-9,11,26H,10H2,1H3,(H2,22,23,24,25)/t11-/m1/s1. The van der Waals surface area contributed by atoms with Crippen molar-refractivity contribution in [2.75, 3.05) is 17.2 Å². The van der Waals surface area contributed by atoms with Gasteiger partial charge in [0.15, 0.2) is 11.6 Å². The number of rotatable bonds is 6.